The molecule has 0 saturated carbocycles. The molecule has 0 spiro atoms. The standard InChI is InChI=1S/C23H21FN4O5/c1-26(22-20(28(30)31)4-3-11-25-22)16-7-10-21(19(24)13-16)33-18-8-5-15(6-9-18)12-17-14-32-23(29)27(17)2/h3-11,13,17H,12,14H2,1-2H3/t17-/m0/s1. The number of carbonyl (C=O) groups excluding carboxylic acids is 1. The van der Waals surface area contributed by atoms with Crippen LogP contribution < -0.4 is 9.64 Å². The van der Waals surface area contributed by atoms with Crippen molar-refractivity contribution in [1.82, 2.24) is 9.88 Å². The first-order chi connectivity index (χ1) is 15.8. The van der Waals surface area contributed by atoms with E-state index >= 15 is 0 Å². The van der Waals surface area contributed by atoms with Gasteiger partial charge >= 0.3 is 11.8 Å². The van der Waals surface area contributed by atoms with Crippen LogP contribution in [-0.2, 0) is 11.2 Å². The lowest BCUT2D eigenvalue weighted by Crippen LogP contribution is -2.30. The fourth-order valence-electron chi connectivity index (χ4n) is 3.51. The molecule has 1 atom stereocenters. The summed E-state index contributed by atoms with van der Waals surface area (Å²) < 4.78 is 25.4. The second-order valence-corrected chi connectivity index (χ2v) is 7.57. The largest absolute Gasteiger partial charge is 0.454 e. The number of pyridine rings is 1. The summed E-state index contributed by atoms with van der Waals surface area (Å²) in [7, 11) is 3.27. The molecule has 33 heavy (non-hydrogen) atoms. The van der Waals surface area contributed by atoms with Gasteiger partial charge in [0, 0.05) is 38.1 Å². The van der Waals surface area contributed by atoms with E-state index in [-0.39, 0.29) is 29.4 Å². The minimum absolute atomic E-state index is 0.0185. The molecule has 0 N–H and O–H groups in total. The number of cyclic esters (lactones) is 1. The van der Waals surface area contributed by atoms with Crippen LogP contribution in [0.15, 0.2) is 60.8 Å². The first-order valence-corrected chi connectivity index (χ1v) is 10.1. The smallest absolute Gasteiger partial charge is 0.409 e. The van der Waals surface area contributed by atoms with Crippen LogP contribution in [0.2, 0.25) is 0 Å². The van der Waals surface area contributed by atoms with Crippen molar-refractivity contribution in [2.24, 2.45) is 0 Å². The van der Waals surface area contributed by atoms with Crippen LogP contribution in [0.5, 0.6) is 11.5 Å². The molecule has 1 aliphatic heterocycles. The van der Waals surface area contributed by atoms with Crippen molar-refractivity contribution in [1.29, 1.82) is 0 Å². The molecule has 0 radical (unpaired) electrons. The first kappa shape index (κ1) is 22.0. The summed E-state index contributed by atoms with van der Waals surface area (Å²) in [5.74, 6) is -0.0485. The molecule has 0 unspecified atom stereocenters. The van der Waals surface area contributed by atoms with Gasteiger partial charge in [-0.25, -0.2) is 14.2 Å². The van der Waals surface area contributed by atoms with Gasteiger partial charge in [-0.1, -0.05) is 12.1 Å². The van der Waals surface area contributed by atoms with Crippen molar-refractivity contribution < 1.29 is 23.6 Å². The van der Waals surface area contributed by atoms with E-state index in [0.717, 1.165) is 5.56 Å². The maximum Gasteiger partial charge on any atom is 0.409 e. The number of hydrogen-bond acceptors (Lipinski definition) is 7. The number of benzene rings is 2. The Bertz CT molecular complexity index is 1190. The summed E-state index contributed by atoms with van der Waals surface area (Å²) in [5.41, 5.74) is 1.20. The summed E-state index contributed by atoms with van der Waals surface area (Å²) in [6.45, 7) is 0.348. The topological polar surface area (TPSA) is 98.0 Å². The van der Waals surface area contributed by atoms with Crippen molar-refractivity contribution in [3.05, 3.63) is 82.3 Å². The Hall–Kier alpha value is -4.21. The molecule has 170 valence electrons. The van der Waals surface area contributed by atoms with E-state index in [1.807, 2.05) is 12.1 Å². The van der Waals surface area contributed by atoms with Gasteiger partial charge in [-0.2, -0.15) is 0 Å². The van der Waals surface area contributed by atoms with Crippen LogP contribution in [0.3, 0.4) is 0 Å². The van der Waals surface area contributed by atoms with Gasteiger partial charge in [0.2, 0.25) is 5.82 Å². The lowest BCUT2D eigenvalue weighted by Gasteiger charge is -2.19. The van der Waals surface area contributed by atoms with Crippen molar-refractivity contribution in [2.45, 2.75) is 12.5 Å². The highest BCUT2D eigenvalue weighted by Gasteiger charge is 2.29. The third-order valence-corrected chi connectivity index (χ3v) is 5.44. The van der Waals surface area contributed by atoms with Gasteiger partial charge in [0.05, 0.1) is 11.0 Å². The Morgan fingerprint density at radius 3 is 2.67 bits per heavy atom. The summed E-state index contributed by atoms with van der Waals surface area (Å²) >= 11 is 0. The molecule has 2 aromatic carbocycles. The van der Waals surface area contributed by atoms with Gasteiger partial charge in [-0.15, -0.1) is 0 Å². The minimum Gasteiger partial charge on any atom is -0.454 e. The summed E-state index contributed by atoms with van der Waals surface area (Å²) in [6, 6.07) is 14.2. The molecule has 10 heteroatoms. The molecule has 1 aromatic heterocycles. The Morgan fingerprint density at radius 1 is 1.27 bits per heavy atom. The zero-order valence-corrected chi connectivity index (χ0v) is 18.0. The summed E-state index contributed by atoms with van der Waals surface area (Å²) in [6.07, 6.45) is 1.74. The number of ether oxygens (including phenoxy) is 2. The quantitative estimate of drug-likeness (QED) is 0.379. The Kier molecular flexibility index (Phi) is 6.07. The first-order valence-electron chi connectivity index (χ1n) is 10.1. The number of carbonyl (C=O) groups is 1. The van der Waals surface area contributed by atoms with Crippen molar-refractivity contribution in [3.63, 3.8) is 0 Å². The van der Waals surface area contributed by atoms with E-state index in [2.05, 4.69) is 4.98 Å². The van der Waals surface area contributed by atoms with Gasteiger partial charge in [0.25, 0.3) is 0 Å². The van der Waals surface area contributed by atoms with Gasteiger partial charge in [-0.05, 0) is 42.3 Å². The maximum absolute atomic E-state index is 14.7. The van der Waals surface area contributed by atoms with Gasteiger partial charge in [0.15, 0.2) is 11.6 Å². The Morgan fingerprint density at radius 2 is 2.03 bits per heavy atom. The highest BCUT2D eigenvalue weighted by atomic mass is 19.1. The number of anilines is 2. The van der Waals surface area contributed by atoms with Crippen molar-refractivity contribution >= 4 is 23.3 Å². The fraction of sp³-hybridized carbons (Fsp3) is 0.217. The Labute approximate surface area is 189 Å². The molecule has 1 saturated heterocycles. The number of hydrogen-bond donors (Lipinski definition) is 0. The second kappa shape index (κ2) is 9.11. The minimum atomic E-state index is -0.620. The normalized spacial score (nSPS) is 15.3. The van der Waals surface area contributed by atoms with E-state index in [9.17, 15) is 19.3 Å². The zero-order chi connectivity index (χ0) is 23.5. The number of aromatic nitrogens is 1. The predicted octanol–water partition coefficient (Wildman–Crippen LogP) is 4.68. The molecular weight excluding hydrogens is 431 g/mol. The molecule has 4 rings (SSSR count). The monoisotopic (exact) mass is 452 g/mol. The summed E-state index contributed by atoms with van der Waals surface area (Å²) in [4.78, 5) is 29.2. The number of halogens is 1. The molecule has 2 heterocycles. The third kappa shape index (κ3) is 4.69. The molecule has 1 aliphatic rings. The van der Waals surface area contributed by atoms with Gasteiger partial charge in [0.1, 0.15) is 12.4 Å². The molecule has 0 aliphatic carbocycles. The predicted molar refractivity (Wildman–Crippen MR) is 118 cm³/mol. The van der Waals surface area contributed by atoms with E-state index in [0.29, 0.717) is 24.5 Å². The average molecular weight is 452 g/mol. The number of nitro groups is 1. The van der Waals surface area contributed by atoms with Gasteiger partial charge in [-0.3, -0.25) is 10.1 Å². The zero-order valence-electron chi connectivity index (χ0n) is 18.0. The number of nitrogens with zero attached hydrogens (tertiary/aromatic N) is 4. The SMILES string of the molecule is CN(c1ccc(Oc2ccc(C[C@H]3COC(=O)N3C)cc2)c(F)c1)c1ncccc1[N+](=O)[O-]. The van der Waals surface area contributed by atoms with E-state index < -0.39 is 10.7 Å². The number of amides is 1. The molecular formula is C23H21FN4O5. The van der Waals surface area contributed by atoms with Crippen molar-refractivity contribution in [2.75, 3.05) is 25.6 Å². The van der Waals surface area contributed by atoms with Crippen LogP contribution >= 0.6 is 0 Å². The maximum atomic E-state index is 14.7. The van der Waals surface area contributed by atoms with E-state index in [1.165, 1.54) is 35.4 Å². The Balaban J connectivity index is 1.46. The molecule has 1 amide bonds. The fourth-order valence-corrected chi connectivity index (χ4v) is 3.51. The van der Waals surface area contributed by atoms with Crippen LogP contribution in [0.4, 0.5) is 26.4 Å². The lowest BCUT2D eigenvalue weighted by atomic mass is 10.1. The lowest BCUT2D eigenvalue weighted by molar-refractivity contribution is -0.384. The van der Waals surface area contributed by atoms with Crippen LogP contribution in [0.25, 0.3) is 0 Å². The molecule has 0 bridgehead atoms. The number of rotatable bonds is 7. The summed E-state index contributed by atoms with van der Waals surface area (Å²) in [5, 5.41) is 11.3. The van der Waals surface area contributed by atoms with E-state index in [4.69, 9.17) is 9.47 Å². The molecule has 9 nitrogen and oxygen atoms in total. The highest BCUT2D eigenvalue weighted by Crippen LogP contribution is 2.33. The molecule has 3 aromatic rings. The highest BCUT2D eigenvalue weighted by molar-refractivity contribution is 5.70. The van der Waals surface area contributed by atoms with E-state index in [1.54, 1.807) is 37.2 Å². The van der Waals surface area contributed by atoms with Crippen LogP contribution in [-0.4, -0.2) is 47.6 Å². The number of likely N-dealkylation sites (N-methyl/N-ethyl adjacent to an activating group) is 1. The molecule has 1 fully saturated rings. The van der Waals surface area contributed by atoms with Crippen LogP contribution in [0, 0.1) is 15.9 Å². The van der Waals surface area contributed by atoms with Crippen molar-refractivity contribution in [3.8, 4) is 11.5 Å². The third-order valence-electron chi connectivity index (χ3n) is 5.44. The van der Waals surface area contributed by atoms with Crippen LogP contribution in [0.1, 0.15) is 5.56 Å². The average Bonchev–Trinajstić information content (AvgIpc) is 3.13. The second-order valence-electron chi connectivity index (χ2n) is 7.57. The van der Waals surface area contributed by atoms with Gasteiger partial charge < -0.3 is 19.3 Å².